The fourth-order valence-corrected chi connectivity index (χ4v) is 4.20. The number of anilines is 2. The van der Waals surface area contributed by atoms with E-state index >= 15 is 0 Å². The second kappa shape index (κ2) is 10.1. The van der Waals surface area contributed by atoms with E-state index in [-0.39, 0.29) is 29.9 Å². The molecule has 166 valence electrons. The van der Waals surface area contributed by atoms with Gasteiger partial charge in [0.25, 0.3) is 5.91 Å². The van der Waals surface area contributed by atoms with Gasteiger partial charge in [-0.25, -0.2) is 0 Å². The number of nitrogens with zero attached hydrogens (tertiary/aromatic N) is 1. The van der Waals surface area contributed by atoms with Crippen molar-refractivity contribution in [3.8, 4) is 0 Å². The molecular weight excluding hydrogens is 440 g/mol. The minimum absolute atomic E-state index is 0.185. The van der Waals surface area contributed by atoms with E-state index in [4.69, 9.17) is 4.74 Å². The number of hydrogen-bond acceptors (Lipinski definition) is 6. The highest BCUT2D eigenvalue weighted by molar-refractivity contribution is 8.00. The molecule has 0 spiro atoms. The van der Waals surface area contributed by atoms with E-state index < -0.39 is 12.6 Å². The molecule has 0 atom stereocenters. The number of esters is 1. The first-order chi connectivity index (χ1) is 16.0. The summed E-state index contributed by atoms with van der Waals surface area (Å²) in [5, 5.41) is 2.76. The fraction of sp³-hybridized carbons (Fsp3) is 0.120. The van der Waals surface area contributed by atoms with Crippen LogP contribution in [0.15, 0.2) is 83.8 Å². The summed E-state index contributed by atoms with van der Waals surface area (Å²) in [6, 6.07) is 22.4. The van der Waals surface area contributed by atoms with Gasteiger partial charge in [0.1, 0.15) is 6.54 Å². The maximum atomic E-state index is 12.4. The van der Waals surface area contributed by atoms with Crippen LogP contribution in [0.25, 0.3) is 0 Å². The molecule has 0 saturated carbocycles. The van der Waals surface area contributed by atoms with Crippen molar-refractivity contribution in [2.24, 2.45) is 0 Å². The Morgan fingerprint density at radius 1 is 0.879 bits per heavy atom. The number of carbonyl (C=O) groups is 4. The Hall–Kier alpha value is -3.91. The molecular formula is C25H20N2O5S. The number of thioether (sulfide) groups is 1. The minimum atomic E-state index is -0.662. The Labute approximate surface area is 194 Å². The summed E-state index contributed by atoms with van der Waals surface area (Å²) in [6.07, 6.45) is 0. The molecule has 1 heterocycles. The molecule has 2 amide bonds. The summed E-state index contributed by atoms with van der Waals surface area (Å²) >= 11 is 1.42. The van der Waals surface area contributed by atoms with Gasteiger partial charge < -0.3 is 10.1 Å². The summed E-state index contributed by atoms with van der Waals surface area (Å²) in [5.41, 5.74) is 2.07. The van der Waals surface area contributed by atoms with Crippen LogP contribution >= 0.6 is 11.8 Å². The molecule has 1 aliphatic heterocycles. The van der Waals surface area contributed by atoms with Gasteiger partial charge in [-0.3, -0.25) is 24.1 Å². The molecule has 0 fully saturated rings. The third kappa shape index (κ3) is 5.48. The molecule has 0 bridgehead atoms. The molecule has 33 heavy (non-hydrogen) atoms. The van der Waals surface area contributed by atoms with Crippen molar-refractivity contribution in [1.82, 2.24) is 0 Å². The third-order valence-electron chi connectivity index (χ3n) is 4.96. The van der Waals surface area contributed by atoms with E-state index in [9.17, 15) is 19.2 Å². The van der Waals surface area contributed by atoms with Crippen molar-refractivity contribution < 1.29 is 23.9 Å². The number of fused-ring (bicyclic) bond motifs is 1. The van der Waals surface area contributed by atoms with E-state index in [2.05, 4.69) is 5.32 Å². The second-order valence-electron chi connectivity index (χ2n) is 7.22. The van der Waals surface area contributed by atoms with Crippen LogP contribution in [0.3, 0.4) is 0 Å². The Balaban J connectivity index is 1.30. The lowest BCUT2D eigenvalue weighted by molar-refractivity contribution is -0.141. The van der Waals surface area contributed by atoms with Crippen LogP contribution in [0.2, 0.25) is 0 Å². The van der Waals surface area contributed by atoms with Crippen LogP contribution in [0.4, 0.5) is 11.4 Å². The minimum Gasteiger partial charge on any atom is -0.456 e. The van der Waals surface area contributed by atoms with Gasteiger partial charge in [0.2, 0.25) is 5.91 Å². The van der Waals surface area contributed by atoms with Gasteiger partial charge in [0.05, 0.1) is 11.4 Å². The van der Waals surface area contributed by atoms with Crippen molar-refractivity contribution in [3.05, 3.63) is 90.0 Å². The predicted octanol–water partition coefficient (Wildman–Crippen LogP) is 3.80. The molecule has 0 unspecified atom stereocenters. The van der Waals surface area contributed by atoms with Crippen molar-refractivity contribution in [1.29, 1.82) is 0 Å². The van der Waals surface area contributed by atoms with Crippen LogP contribution in [-0.4, -0.2) is 42.5 Å². The van der Waals surface area contributed by atoms with Crippen LogP contribution in [-0.2, 0) is 14.3 Å². The molecule has 0 aromatic heterocycles. The lowest BCUT2D eigenvalue weighted by Crippen LogP contribution is -2.40. The standard InChI is InChI=1S/C25H20N2O5S/c28-21(17-10-12-19(13-11-17)26-25(31)18-6-2-1-3-7-18)15-32-24(30)14-27-20-8-4-5-9-22(20)33-16-23(27)29/h1-13H,14-16H2,(H,26,31). The van der Waals surface area contributed by atoms with Gasteiger partial charge in [-0.15, -0.1) is 11.8 Å². The number of hydrogen-bond donors (Lipinski definition) is 1. The summed E-state index contributed by atoms with van der Waals surface area (Å²) in [7, 11) is 0. The fourth-order valence-electron chi connectivity index (χ4n) is 3.26. The van der Waals surface area contributed by atoms with E-state index in [1.165, 1.54) is 16.7 Å². The predicted molar refractivity (Wildman–Crippen MR) is 126 cm³/mol. The average Bonchev–Trinajstić information content (AvgIpc) is 2.85. The van der Waals surface area contributed by atoms with Gasteiger partial charge in [0.15, 0.2) is 12.4 Å². The monoisotopic (exact) mass is 460 g/mol. The zero-order chi connectivity index (χ0) is 23.2. The molecule has 0 aliphatic carbocycles. The molecule has 1 N–H and O–H groups in total. The zero-order valence-electron chi connectivity index (χ0n) is 17.5. The van der Waals surface area contributed by atoms with E-state index in [0.717, 1.165) is 4.90 Å². The van der Waals surface area contributed by atoms with E-state index in [1.807, 2.05) is 18.2 Å². The Morgan fingerprint density at radius 3 is 2.33 bits per heavy atom. The molecule has 3 aromatic carbocycles. The Morgan fingerprint density at radius 2 is 1.58 bits per heavy atom. The molecule has 0 saturated heterocycles. The van der Waals surface area contributed by atoms with Crippen LogP contribution < -0.4 is 10.2 Å². The summed E-state index contributed by atoms with van der Waals surface area (Å²) in [5.74, 6) is -1.24. The van der Waals surface area contributed by atoms with Gasteiger partial charge >= 0.3 is 5.97 Å². The number of nitrogens with one attached hydrogen (secondary N) is 1. The Bertz CT molecular complexity index is 1190. The van der Waals surface area contributed by atoms with Crippen LogP contribution in [0, 0.1) is 0 Å². The number of carbonyl (C=O) groups excluding carboxylic acids is 4. The van der Waals surface area contributed by atoms with Crippen molar-refractivity contribution >= 4 is 46.7 Å². The number of amides is 2. The van der Waals surface area contributed by atoms with Crippen LogP contribution in [0.5, 0.6) is 0 Å². The molecule has 4 rings (SSSR count). The highest BCUT2D eigenvalue weighted by atomic mass is 32.2. The smallest absolute Gasteiger partial charge is 0.326 e. The largest absolute Gasteiger partial charge is 0.456 e. The van der Waals surface area contributed by atoms with Crippen molar-refractivity contribution in [3.63, 3.8) is 0 Å². The SMILES string of the molecule is O=C(CN1C(=O)CSc2ccccc21)OCC(=O)c1ccc(NC(=O)c2ccccc2)cc1. The third-order valence-corrected chi connectivity index (χ3v) is 6.01. The topological polar surface area (TPSA) is 92.8 Å². The molecule has 1 aliphatic rings. The average molecular weight is 461 g/mol. The van der Waals surface area contributed by atoms with Gasteiger partial charge in [-0.2, -0.15) is 0 Å². The first-order valence-electron chi connectivity index (χ1n) is 10.2. The Kier molecular flexibility index (Phi) is 6.85. The van der Waals surface area contributed by atoms with Crippen molar-refractivity contribution in [2.75, 3.05) is 29.1 Å². The molecule has 3 aromatic rings. The maximum Gasteiger partial charge on any atom is 0.326 e. The number of Topliss-reactive ketones (excluding diaryl/α,β-unsaturated/α-hetero) is 1. The normalized spacial score (nSPS) is 12.6. The second-order valence-corrected chi connectivity index (χ2v) is 8.23. The van der Waals surface area contributed by atoms with Crippen molar-refractivity contribution in [2.45, 2.75) is 4.90 Å². The maximum absolute atomic E-state index is 12.4. The number of benzene rings is 3. The first kappa shape index (κ1) is 22.3. The quantitative estimate of drug-likeness (QED) is 0.426. The summed E-state index contributed by atoms with van der Waals surface area (Å²) < 4.78 is 5.12. The zero-order valence-corrected chi connectivity index (χ0v) is 18.3. The number of para-hydroxylation sites is 1. The molecule has 0 radical (unpaired) electrons. The van der Waals surface area contributed by atoms with E-state index in [1.54, 1.807) is 60.7 Å². The van der Waals surface area contributed by atoms with Crippen LogP contribution in [0.1, 0.15) is 20.7 Å². The molecule has 8 heteroatoms. The summed E-state index contributed by atoms with van der Waals surface area (Å²) in [6.45, 7) is -0.693. The highest BCUT2D eigenvalue weighted by Crippen LogP contribution is 2.34. The number of ketones is 1. The number of ether oxygens (including phenoxy) is 1. The molecule has 7 nitrogen and oxygen atoms in total. The lowest BCUT2D eigenvalue weighted by atomic mass is 10.1. The lowest BCUT2D eigenvalue weighted by Gasteiger charge is -2.27. The van der Waals surface area contributed by atoms with Gasteiger partial charge in [0, 0.05) is 21.7 Å². The number of rotatable bonds is 7. The van der Waals surface area contributed by atoms with Gasteiger partial charge in [-0.05, 0) is 48.5 Å². The van der Waals surface area contributed by atoms with E-state index in [0.29, 0.717) is 22.5 Å². The first-order valence-corrected chi connectivity index (χ1v) is 11.2. The summed E-state index contributed by atoms with van der Waals surface area (Å²) in [4.78, 5) is 51.5. The highest BCUT2D eigenvalue weighted by Gasteiger charge is 2.27. The van der Waals surface area contributed by atoms with Gasteiger partial charge in [-0.1, -0.05) is 30.3 Å².